The van der Waals surface area contributed by atoms with Crippen molar-refractivity contribution in [2.75, 3.05) is 0 Å². The van der Waals surface area contributed by atoms with Gasteiger partial charge in [0.1, 0.15) is 0 Å². The number of aliphatic hydroxyl groups is 1. The third-order valence-corrected chi connectivity index (χ3v) is 8.98. The highest BCUT2D eigenvalue weighted by Gasteiger charge is 2.71. The van der Waals surface area contributed by atoms with Gasteiger partial charge in [-0.15, -0.1) is 21.9 Å². The van der Waals surface area contributed by atoms with Crippen LogP contribution >= 0.6 is 21.9 Å². The van der Waals surface area contributed by atoms with Gasteiger partial charge in [0.15, 0.2) is 16.6 Å². The lowest BCUT2D eigenvalue weighted by Gasteiger charge is -2.63. The fraction of sp³-hybridized carbons (Fsp3) is 0.700. The topological polar surface area (TPSA) is 54.4 Å². The molecule has 0 bridgehead atoms. The van der Waals surface area contributed by atoms with E-state index in [1.54, 1.807) is 12.2 Å². The molecule has 7 unspecified atom stereocenters. The van der Waals surface area contributed by atoms with Gasteiger partial charge in [-0.25, -0.2) is 4.39 Å². The third kappa shape index (κ3) is 2.14. The highest BCUT2D eigenvalue weighted by atomic mass is 32.1. The largest absolute Gasteiger partial charge is 0.390 e. The second-order valence-electron chi connectivity index (χ2n) is 9.05. The van der Waals surface area contributed by atoms with Gasteiger partial charge in [0.2, 0.25) is 0 Å². The Balaban J connectivity index is 1.84. The second-order valence-corrected chi connectivity index (χ2v) is 10.3. The normalized spacial score (nSPS) is 52.8. The summed E-state index contributed by atoms with van der Waals surface area (Å²) < 4.78 is 16.8. The van der Waals surface area contributed by atoms with Gasteiger partial charge in [0.25, 0.3) is 0 Å². The number of hydrogen-bond donors (Lipinski definition) is 2. The Morgan fingerprint density at radius 2 is 2.04 bits per heavy atom. The SMILES string of the molecule is CC12CC(O)[C@@]3(F)C(C[C@H](P)C4=CC(=O)C=CC43C)C1CCC2C(=O)S. The molecule has 3 nitrogen and oxygen atoms in total. The quantitative estimate of drug-likeness (QED) is 0.528. The van der Waals surface area contributed by atoms with Gasteiger partial charge >= 0.3 is 0 Å². The summed E-state index contributed by atoms with van der Waals surface area (Å²) in [7, 11) is 2.77. The Morgan fingerprint density at radius 3 is 2.69 bits per heavy atom. The average molecular weight is 396 g/mol. The van der Waals surface area contributed by atoms with E-state index in [-0.39, 0.29) is 40.7 Å². The Morgan fingerprint density at radius 1 is 1.35 bits per heavy atom. The van der Waals surface area contributed by atoms with Gasteiger partial charge in [-0.3, -0.25) is 9.59 Å². The molecule has 4 aliphatic carbocycles. The summed E-state index contributed by atoms with van der Waals surface area (Å²) in [5.41, 5.74) is -2.50. The van der Waals surface area contributed by atoms with Crippen molar-refractivity contribution >= 4 is 32.8 Å². The molecule has 142 valence electrons. The van der Waals surface area contributed by atoms with E-state index in [0.717, 1.165) is 12.0 Å². The average Bonchev–Trinajstić information content (AvgIpc) is 2.89. The van der Waals surface area contributed by atoms with Gasteiger partial charge in [-0.1, -0.05) is 13.0 Å². The van der Waals surface area contributed by atoms with E-state index in [1.165, 1.54) is 6.08 Å². The van der Waals surface area contributed by atoms with Crippen LogP contribution in [-0.4, -0.2) is 33.4 Å². The Kier molecular flexibility index (Phi) is 4.16. The molecule has 4 rings (SSSR count). The zero-order chi connectivity index (χ0) is 19.1. The standard InChI is InChI=1S/C20H26FO3PS/c1-18-9-16(23)20(21)13(11(18)3-4-12(18)17(24)26)8-15(25)14-7-10(22)5-6-19(14,20)2/h5-7,11-13,15-16,23H,3-4,8-9,25H2,1-2H3,(H,24,26)/t11?,12?,13?,15-,16?,18?,19?,20-/m0/s1. The zero-order valence-corrected chi connectivity index (χ0v) is 17.2. The number of aliphatic hydroxyl groups excluding tert-OH is 1. The molecule has 6 heteroatoms. The molecule has 0 aromatic carbocycles. The zero-order valence-electron chi connectivity index (χ0n) is 15.1. The molecule has 0 saturated heterocycles. The molecule has 0 radical (unpaired) electrons. The van der Waals surface area contributed by atoms with E-state index < -0.39 is 22.6 Å². The first kappa shape index (κ1) is 18.8. The molecule has 0 aromatic heterocycles. The summed E-state index contributed by atoms with van der Waals surface area (Å²) in [5.74, 6) is -0.671. The van der Waals surface area contributed by atoms with Crippen molar-refractivity contribution < 1.29 is 19.1 Å². The predicted octanol–water partition coefficient (Wildman–Crippen LogP) is 3.28. The Hall–Kier alpha value is -0.510. The fourth-order valence-corrected chi connectivity index (χ4v) is 7.89. The lowest BCUT2D eigenvalue weighted by Crippen LogP contribution is -2.68. The molecule has 0 aromatic rings. The van der Waals surface area contributed by atoms with Crippen LogP contribution in [0.15, 0.2) is 23.8 Å². The molecule has 3 fully saturated rings. The number of carbonyl (C=O) groups excluding carboxylic acids is 2. The minimum atomic E-state index is -1.83. The first-order valence-electron chi connectivity index (χ1n) is 9.36. The summed E-state index contributed by atoms with van der Waals surface area (Å²) in [6.45, 7) is 3.84. The number of thiol groups is 1. The summed E-state index contributed by atoms with van der Waals surface area (Å²) in [6.07, 6.45) is 5.78. The van der Waals surface area contributed by atoms with Crippen LogP contribution in [0.3, 0.4) is 0 Å². The molecule has 26 heavy (non-hydrogen) atoms. The lowest BCUT2D eigenvalue weighted by molar-refractivity contribution is -0.193. The number of fused-ring (bicyclic) bond motifs is 5. The van der Waals surface area contributed by atoms with Crippen molar-refractivity contribution in [3.8, 4) is 0 Å². The summed E-state index contributed by atoms with van der Waals surface area (Å²) in [6, 6.07) is 0. The van der Waals surface area contributed by atoms with Gasteiger partial charge in [-0.05, 0) is 67.3 Å². The van der Waals surface area contributed by atoms with Crippen molar-refractivity contribution in [2.24, 2.45) is 28.6 Å². The van der Waals surface area contributed by atoms with E-state index in [1.807, 2.05) is 13.8 Å². The molecule has 3 saturated carbocycles. The van der Waals surface area contributed by atoms with E-state index in [0.29, 0.717) is 12.8 Å². The van der Waals surface area contributed by atoms with Crippen LogP contribution in [0.1, 0.15) is 39.5 Å². The Bertz CT molecular complexity index is 751. The van der Waals surface area contributed by atoms with Gasteiger partial charge in [0, 0.05) is 17.3 Å². The van der Waals surface area contributed by atoms with Crippen LogP contribution in [0.2, 0.25) is 0 Å². The van der Waals surface area contributed by atoms with Crippen molar-refractivity contribution in [1.29, 1.82) is 0 Å². The van der Waals surface area contributed by atoms with Crippen LogP contribution in [0, 0.1) is 28.6 Å². The maximum absolute atomic E-state index is 16.8. The molecule has 0 aliphatic heterocycles. The molecule has 0 spiro atoms. The number of halogens is 1. The predicted molar refractivity (Wildman–Crippen MR) is 105 cm³/mol. The number of ketones is 1. The first-order chi connectivity index (χ1) is 12.1. The monoisotopic (exact) mass is 396 g/mol. The number of alkyl halides is 1. The van der Waals surface area contributed by atoms with E-state index in [2.05, 4.69) is 21.9 Å². The van der Waals surface area contributed by atoms with Crippen LogP contribution in [-0.2, 0) is 9.59 Å². The molecule has 1 N–H and O–H groups in total. The molecular weight excluding hydrogens is 370 g/mol. The van der Waals surface area contributed by atoms with Gasteiger partial charge in [-0.2, -0.15) is 0 Å². The van der Waals surface area contributed by atoms with Crippen LogP contribution < -0.4 is 0 Å². The minimum absolute atomic E-state index is 0.0110. The highest BCUT2D eigenvalue weighted by Crippen LogP contribution is 2.69. The van der Waals surface area contributed by atoms with Crippen LogP contribution in [0.4, 0.5) is 4.39 Å². The molecule has 4 aliphatic rings. The van der Waals surface area contributed by atoms with Crippen molar-refractivity contribution in [3.63, 3.8) is 0 Å². The second kappa shape index (κ2) is 5.75. The highest BCUT2D eigenvalue weighted by molar-refractivity contribution is 7.96. The minimum Gasteiger partial charge on any atom is -0.390 e. The van der Waals surface area contributed by atoms with E-state index in [4.69, 9.17) is 0 Å². The summed E-state index contributed by atoms with van der Waals surface area (Å²) in [4.78, 5) is 24.0. The van der Waals surface area contributed by atoms with Gasteiger partial charge < -0.3 is 5.11 Å². The van der Waals surface area contributed by atoms with Crippen LogP contribution in [0.25, 0.3) is 0 Å². The van der Waals surface area contributed by atoms with E-state index >= 15 is 4.39 Å². The lowest BCUT2D eigenvalue weighted by atomic mass is 9.45. The molecular formula is C20H26FO3PS. The maximum atomic E-state index is 16.8. The molecule has 0 heterocycles. The smallest absolute Gasteiger partial charge is 0.189 e. The van der Waals surface area contributed by atoms with E-state index in [9.17, 15) is 14.7 Å². The number of allylic oxidation sites excluding steroid dienone is 4. The molecule has 9 atom stereocenters. The summed E-state index contributed by atoms with van der Waals surface area (Å²) >= 11 is 4.08. The van der Waals surface area contributed by atoms with Crippen LogP contribution in [0.5, 0.6) is 0 Å². The van der Waals surface area contributed by atoms with Crippen molar-refractivity contribution in [2.45, 2.75) is 57.0 Å². The first-order valence-corrected chi connectivity index (χ1v) is 10.5. The molecule has 0 amide bonds. The number of rotatable bonds is 1. The number of hydrogen-bond acceptors (Lipinski definition) is 3. The number of carbonyl (C=O) groups is 2. The fourth-order valence-electron chi connectivity index (χ4n) is 6.73. The summed E-state index contributed by atoms with van der Waals surface area (Å²) in [5, 5.41) is 10.9. The maximum Gasteiger partial charge on any atom is 0.189 e. The Labute approximate surface area is 161 Å². The van der Waals surface area contributed by atoms with Gasteiger partial charge in [0.05, 0.1) is 6.10 Å². The van der Waals surface area contributed by atoms with Crippen molar-refractivity contribution in [1.82, 2.24) is 0 Å². The third-order valence-electron chi connectivity index (χ3n) is 8.03. The van der Waals surface area contributed by atoms with Crippen molar-refractivity contribution in [3.05, 3.63) is 23.8 Å².